The summed E-state index contributed by atoms with van der Waals surface area (Å²) in [7, 11) is 0. The van der Waals surface area contributed by atoms with Crippen molar-refractivity contribution in [2.24, 2.45) is 5.73 Å². The Morgan fingerprint density at radius 1 is 1.08 bits per heavy atom. The number of benzene rings is 2. The molecule has 2 amide bonds. The van der Waals surface area contributed by atoms with Crippen molar-refractivity contribution >= 4 is 28.8 Å². The van der Waals surface area contributed by atoms with E-state index in [1.165, 1.54) is 11.3 Å². The Morgan fingerprint density at radius 3 is 2.38 bits per heavy atom. The standard InChI is InChI=1S/C20H18N2O3S/c1-2-25-16-12-17(13-6-4-3-5-7-13)26-18(16)20(24)22-15-10-8-14(9-11-15)19(21)23/h3-12H,2H2,1H3,(H2,21,23)(H,22,24). The molecule has 1 heterocycles. The van der Waals surface area contributed by atoms with Gasteiger partial charge in [-0.2, -0.15) is 0 Å². The van der Waals surface area contributed by atoms with Crippen molar-refractivity contribution < 1.29 is 14.3 Å². The van der Waals surface area contributed by atoms with Crippen LogP contribution in [-0.2, 0) is 0 Å². The number of primary amides is 1. The van der Waals surface area contributed by atoms with E-state index in [-0.39, 0.29) is 5.91 Å². The molecule has 0 aliphatic rings. The van der Waals surface area contributed by atoms with Gasteiger partial charge in [-0.1, -0.05) is 30.3 Å². The predicted octanol–water partition coefficient (Wildman–Crippen LogP) is 4.17. The topological polar surface area (TPSA) is 81.4 Å². The Morgan fingerprint density at radius 2 is 1.77 bits per heavy atom. The van der Waals surface area contributed by atoms with Crippen LogP contribution in [0.15, 0.2) is 60.7 Å². The highest BCUT2D eigenvalue weighted by Crippen LogP contribution is 2.36. The van der Waals surface area contributed by atoms with E-state index in [4.69, 9.17) is 10.5 Å². The quantitative estimate of drug-likeness (QED) is 0.687. The number of thiophene rings is 1. The van der Waals surface area contributed by atoms with Gasteiger partial charge in [0, 0.05) is 16.1 Å². The summed E-state index contributed by atoms with van der Waals surface area (Å²) in [6.07, 6.45) is 0. The minimum Gasteiger partial charge on any atom is -0.492 e. The van der Waals surface area contributed by atoms with Crippen molar-refractivity contribution in [3.63, 3.8) is 0 Å². The molecule has 2 aromatic carbocycles. The van der Waals surface area contributed by atoms with E-state index in [0.29, 0.717) is 28.5 Å². The van der Waals surface area contributed by atoms with E-state index < -0.39 is 5.91 Å². The first-order chi connectivity index (χ1) is 12.6. The Labute approximate surface area is 155 Å². The molecule has 0 spiro atoms. The Balaban J connectivity index is 1.85. The molecular weight excluding hydrogens is 348 g/mol. The average Bonchev–Trinajstić information content (AvgIpc) is 3.07. The second-order valence-electron chi connectivity index (χ2n) is 5.50. The van der Waals surface area contributed by atoms with Gasteiger partial charge in [-0.3, -0.25) is 9.59 Å². The van der Waals surface area contributed by atoms with Crippen LogP contribution in [0.3, 0.4) is 0 Å². The number of anilines is 1. The minimum absolute atomic E-state index is 0.257. The number of hydrogen-bond acceptors (Lipinski definition) is 4. The molecule has 1 aromatic heterocycles. The maximum atomic E-state index is 12.7. The van der Waals surface area contributed by atoms with Crippen LogP contribution in [0.2, 0.25) is 0 Å². The molecule has 0 saturated heterocycles. The molecule has 3 rings (SSSR count). The number of nitrogens with two attached hydrogens (primary N) is 1. The van der Waals surface area contributed by atoms with E-state index in [1.807, 2.05) is 43.3 Å². The van der Waals surface area contributed by atoms with Gasteiger partial charge in [-0.05, 0) is 42.8 Å². The first-order valence-corrected chi connectivity index (χ1v) is 8.93. The van der Waals surface area contributed by atoms with Crippen molar-refractivity contribution in [2.45, 2.75) is 6.92 Å². The van der Waals surface area contributed by atoms with Crippen LogP contribution < -0.4 is 15.8 Å². The van der Waals surface area contributed by atoms with Gasteiger partial charge in [-0.25, -0.2) is 0 Å². The van der Waals surface area contributed by atoms with E-state index >= 15 is 0 Å². The van der Waals surface area contributed by atoms with E-state index in [1.54, 1.807) is 24.3 Å². The summed E-state index contributed by atoms with van der Waals surface area (Å²) in [6.45, 7) is 2.35. The Hall–Kier alpha value is -3.12. The molecule has 0 bridgehead atoms. The number of rotatable bonds is 6. The normalized spacial score (nSPS) is 10.3. The molecule has 0 atom stereocenters. The molecule has 0 unspecified atom stereocenters. The lowest BCUT2D eigenvalue weighted by Crippen LogP contribution is -2.13. The van der Waals surface area contributed by atoms with E-state index in [9.17, 15) is 9.59 Å². The van der Waals surface area contributed by atoms with Crippen LogP contribution in [0.5, 0.6) is 5.75 Å². The zero-order valence-electron chi connectivity index (χ0n) is 14.2. The summed E-state index contributed by atoms with van der Waals surface area (Å²) in [5.41, 5.74) is 7.23. The molecule has 5 nitrogen and oxygen atoms in total. The second kappa shape index (κ2) is 7.84. The predicted molar refractivity (Wildman–Crippen MR) is 104 cm³/mol. The van der Waals surface area contributed by atoms with Crippen LogP contribution in [0.4, 0.5) is 5.69 Å². The zero-order chi connectivity index (χ0) is 18.5. The molecule has 132 valence electrons. The SMILES string of the molecule is CCOc1cc(-c2ccccc2)sc1C(=O)Nc1ccc(C(N)=O)cc1. The van der Waals surface area contributed by atoms with Gasteiger partial charge in [0.25, 0.3) is 5.91 Å². The summed E-state index contributed by atoms with van der Waals surface area (Å²) in [6, 6.07) is 18.2. The Bertz CT molecular complexity index is 918. The van der Waals surface area contributed by atoms with Crippen molar-refractivity contribution in [1.82, 2.24) is 0 Å². The molecule has 3 N–H and O–H groups in total. The fraction of sp³-hybridized carbons (Fsp3) is 0.100. The molecule has 3 aromatic rings. The minimum atomic E-state index is -0.507. The van der Waals surface area contributed by atoms with Crippen LogP contribution >= 0.6 is 11.3 Å². The van der Waals surface area contributed by atoms with Gasteiger partial charge >= 0.3 is 0 Å². The third-order valence-electron chi connectivity index (χ3n) is 3.69. The highest BCUT2D eigenvalue weighted by Gasteiger charge is 2.18. The fourth-order valence-electron chi connectivity index (χ4n) is 2.45. The molecule has 0 radical (unpaired) electrons. The highest BCUT2D eigenvalue weighted by atomic mass is 32.1. The first kappa shape index (κ1) is 17.7. The van der Waals surface area contributed by atoms with Gasteiger partial charge in [0.05, 0.1) is 6.61 Å². The Kier molecular flexibility index (Phi) is 5.34. The van der Waals surface area contributed by atoms with E-state index in [2.05, 4.69) is 5.32 Å². The third kappa shape index (κ3) is 3.92. The lowest BCUT2D eigenvalue weighted by Gasteiger charge is -2.07. The second-order valence-corrected chi connectivity index (χ2v) is 6.55. The zero-order valence-corrected chi connectivity index (χ0v) is 15.0. The van der Waals surface area contributed by atoms with Crippen molar-refractivity contribution in [3.05, 3.63) is 71.1 Å². The molecule has 0 saturated carbocycles. The summed E-state index contributed by atoms with van der Waals surface area (Å²) >= 11 is 1.38. The fourth-order valence-corrected chi connectivity index (χ4v) is 3.45. The highest BCUT2D eigenvalue weighted by molar-refractivity contribution is 7.17. The number of carbonyl (C=O) groups is 2. The lowest BCUT2D eigenvalue weighted by atomic mass is 10.2. The summed E-state index contributed by atoms with van der Waals surface area (Å²) in [5.74, 6) is -0.206. The summed E-state index contributed by atoms with van der Waals surface area (Å²) in [4.78, 5) is 25.3. The number of hydrogen-bond donors (Lipinski definition) is 2. The average molecular weight is 366 g/mol. The maximum Gasteiger partial charge on any atom is 0.269 e. The first-order valence-electron chi connectivity index (χ1n) is 8.11. The third-order valence-corrected chi connectivity index (χ3v) is 4.85. The van der Waals surface area contributed by atoms with Crippen molar-refractivity contribution in [2.75, 3.05) is 11.9 Å². The number of nitrogens with one attached hydrogen (secondary N) is 1. The largest absolute Gasteiger partial charge is 0.492 e. The molecule has 6 heteroatoms. The van der Waals surface area contributed by atoms with Crippen LogP contribution in [0.1, 0.15) is 27.0 Å². The summed E-state index contributed by atoms with van der Waals surface area (Å²) < 4.78 is 5.64. The number of carbonyl (C=O) groups excluding carboxylic acids is 2. The maximum absolute atomic E-state index is 12.7. The number of ether oxygens (including phenoxy) is 1. The van der Waals surface area contributed by atoms with Gasteiger partial charge < -0.3 is 15.8 Å². The summed E-state index contributed by atoms with van der Waals surface area (Å²) in [5, 5.41) is 2.83. The molecule has 0 fully saturated rings. The van der Waals surface area contributed by atoms with Crippen LogP contribution in [0, 0.1) is 0 Å². The lowest BCUT2D eigenvalue weighted by molar-refractivity contribution is 0.0998. The monoisotopic (exact) mass is 366 g/mol. The van der Waals surface area contributed by atoms with Gasteiger partial charge in [-0.15, -0.1) is 11.3 Å². The van der Waals surface area contributed by atoms with Crippen LogP contribution in [-0.4, -0.2) is 18.4 Å². The van der Waals surface area contributed by atoms with Gasteiger partial charge in [0.1, 0.15) is 10.6 Å². The van der Waals surface area contributed by atoms with Crippen molar-refractivity contribution in [3.8, 4) is 16.2 Å². The van der Waals surface area contributed by atoms with Crippen LogP contribution in [0.25, 0.3) is 10.4 Å². The molecular formula is C20H18N2O3S. The number of amides is 2. The molecule has 0 aliphatic heterocycles. The van der Waals surface area contributed by atoms with Gasteiger partial charge in [0.15, 0.2) is 0 Å². The molecule has 26 heavy (non-hydrogen) atoms. The van der Waals surface area contributed by atoms with Gasteiger partial charge in [0.2, 0.25) is 5.91 Å². The van der Waals surface area contributed by atoms with Crippen molar-refractivity contribution in [1.29, 1.82) is 0 Å². The smallest absolute Gasteiger partial charge is 0.269 e. The van der Waals surface area contributed by atoms with E-state index in [0.717, 1.165) is 10.4 Å². The molecule has 0 aliphatic carbocycles.